The van der Waals surface area contributed by atoms with Crippen LogP contribution in [-0.4, -0.2) is 27.3 Å². The van der Waals surface area contributed by atoms with E-state index in [0.29, 0.717) is 6.54 Å². The molecule has 0 unspecified atom stereocenters. The number of hydrogen-bond donors (Lipinski definition) is 2. The lowest BCUT2D eigenvalue weighted by atomic mass is 9.94. The summed E-state index contributed by atoms with van der Waals surface area (Å²) >= 11 is 0. The third-order valence-corrected chi connectivity index (χ3v) is 2.97. The minimum Gasteiger partial charge on any atom is -0.497 e. The fourth-order valence-electron chi connectivity index (χ4n) is 1.61. The van der Waals surface area contributed by atoms with E-state index in [-0.39, 0.29) is 5.41 Å². The second kappa shape index (κ2) is 6.61. The molecule has 3 N–H and O–H groups in total. The molecule has 4 heteroatoms. The van der Waals surface area contributed by atoms with Gasteiger partial charge in [0.25, 0.3) is 0 Å². The van der Waals surface area contributed by atoms with Gasteiger partial charge >= 0.3 is 0 Å². The maximum Gasteiger partial charge on any atom is 0.127 e. The molecule has 102 valence electrons. The number of hydrogen-bond acceptors (Lipinski definition) is 4. The van der Waals surface area contributed by atoms with Crippen LogP contribution in [0.3, 0.4) is 0 Å². The Labute approximate surface area is 109 Å². The molecule has 0 amide bonds. The van der Waals surface area contributed by atoms with Gasteiger partial charge in [-0.3, -0.25) is 0 Å². The Bertz CT molecular complexity index is 378. The van der Waals surface area contributed by atoms with Crippen molar-refractivity contribution < 1.29 is 9.47 Å². The van der Waals surface area contributed by atoms with Crippen molar-refractivity contribution in [2.75, 3.05) is 27.3 Å². The van der Waals surface area contributed by atoms with Crippen LogP contribution in [0.15, 0.2) is 18.2 Å². The SMILES string of the molecule is COc1ccc(CNCC(C)(C)CN)c(OC)c1. The van der Waals surface area contributed by atoms with Crippen LogP contribution < -0.4 is 20.5 Å². The minimum atomic E-state index is 0.111. The highest BCUT2D eigenvalue weighted by Gasteiger charge is 2.15. The zero-order valence-electron chi connectivity index (χ0n) is 11.7. The van der Waals surface area contributed by atoms with E-state index < -0.39 is 0 Å². The predicted molar refractivity (Wildman–Crippen MR) is 74.1 cm³/mol. The number of rotatable bonds is 7. The lowest BCUT2D eigenvalue weighted by Gasteiger charge is -2.23. The molecule has 0 aliphatic heterocycles. The lowest BCUT2D eigenvalue weighted by Crippen LogP contribution is -2.35. The number of nitrogens with one attached hydrogen (secondary N) is 1. The number of methoxy groups -OCH3 is 2. The Balaban J connectivity index is 2.62. The zero-order chi connectivity index (χ0) is 13.6. The number of nitrogens with two attached hydrogens (primary N) is 1. The topological polar surface area (TPSA) is 56.5 Å². The smallest absolute Gasteiger partial charge is 0.127 e. The first kappa shape index (κ1) is 14.8. The third kappa shape index (κ3) is 4.20. The Morgan fingerprint density at radius 2 is 1.94 bits per heavy atom. The fourth-order valence-corrected chi connectivity index (χ4v) is 1.61. The summed E-state index contributed by atoms with van der Waals surface area (Å²) in [5.41, 5.74) is 6.93. The van der Waals surface area contributed by atoms with E-state index in [1.807, 2.05) is 18.2 Å². The van der Waals surface area contributed by atoms with Crippen molar-refractivity contribution in [3.8, 4) is 11.5 Å². The molecule has 4 nitrogen and oxygen atoms in total. The summed E-state index contributed by atoms with van der Waals surface area (Å²) in [4.78, 5) is 0. The molecule has 0 heterocycles. The fraction of sp³-hybridized carbons (Fsp3) is 0.571. The van der Waals surface area contributed by atoms with Crippen LogP contribution in [0.1, 0.15) is 19.4 Å². The highest BCUT2D eigenvalue weighted by atomic mass is 16.5. The Morgan fingerprint density at radius 3 is 2.50 bits per heavy atom. The van der Waals surface area contributed by atoms with Crippen molar-refractivity contribution in [2.45, 2.75) is 20.4 Å². The molecule has 0 radical (unpaired) electrons. The molecule has 0 aliphatic carbocycles. The average Bonchev–Trinajstić information content (AvgIpc) is 2.38. The van der Waals surface area contributed by atoms with Gasteiger partial charge in [0.1, 0.15) is 11.5 Å². The van der Waals surface area contributed by atoms with Gasteiger partial charge in [-0.25, -0.2) is 0 Å². The summed E-state index contributed by atoms with van der Waals surface area (Å²) < 4.78 is 10.5. The summed E-state index contributed by atoms with van der Waals surface area (Å²) in [5, 5.41) is 3.40. The van der Waals surface area contributed by atoms with Crippen LogP contribution in [0.5, 0.6) is 11.5 Å². The Hall–Kier alpha value is -1.26. The summed E-state index contributed by atoms with van der Waals surface area (Å²) in [6, 6.07) is 5.85. The van der Waals surface area contributed by atoms with Gasteiger partial charge in [-0.1, -0.05) is 19.9 Å². The summed E-state index contributed by atoms with van der Waals surface area (Å²) in [5.74, 6) is 1.64. The lowest BCUT2D eigenvalue weighted by molar-refractivity contribution is 0.347. The van der Waals surface area contributed by atoms with E-state index in [9.17, 15) is 0 Å². The Morgan fingerprint density at radius 1 is 1.22 bits per heavy atom. The van der Waals surface area contributed by atoms with Gasteiger partial charge in [0, 0.05) is 24.7 Å². The maximum atomic E-state index is 5.70. The standard InChI is InChI=1S/C14H24N2O2/c1-14(2,9-15)10-16-8-11-5-6-12(17-3)7-13(11)18-4/h5-7,16H,8-10,15H2,1-4H3. The minimum absolute atomic E-state index is 0.111. The van der Waals surface area contributed by atoms with Gasteiger partial charge in [-0.05, 0) is 18.0 Å². The van der Waals surface area contributed by atoms with Gasteiger partial charge in [-0.2, -0.15) is 0 Å². The monoisotopic (exact) mass is 252 g/mol. The van der Waals surface area contributed by atoms with E-state index in [0.717, 1.165) is 30.2 Å². The van der Waals surface area contributed by atoms with Crippen molar-refractivity contribution >= 4 is 0 Å². The van der Waals surface area contributed by atoms with Crippen LogP contribution >= 0.6 is 0 Å². The van der Waals surface area contributed by atoms with Crippen LogP contribution in [-0.2, 0) is 6.54 Å². The molecule has 1 aromatic rings. The number of ether oxygens (including phenoxy) is 2. The molecule has 0 fully saturated rings. The van der Waals surface area contributed by atoms with Crippen molar-refractivity contribution in [3.63, 3.8) is 0 Å². The highest BCUT2D eigenvalue weighted by molar-refractivity contribution is 5.40. The molecule has 0 saturated heterocycles. The first-order valence-corrected chi connectivity index (χ1v) is 6.14. The first-order valence-electron chi connectivity index (χ1n) is 6.14. The molecule has 18 heavy (non-hydrogen) atoms. The molecule has 1 rings (SSSR count). The van der Waals surface area contributed by atoms with E-state index >= 15 is 0 Å². The second-order valence-corrected chi connectivity index (χ2v) is 5.15. The normalized spacial score (nSPS) is 11.4. The predicted octanol–water partition coefficient (Wildman–Crippen LogP) is 1.78. The van der Waals surface area contributed by atoms with Crippen molar-refractivity contribution in [1.82, 2.24) is 5.32 Å². The zero-order valence-corrected chi connectivity index (χ0v) is 11.7. The maximum absolute atomic E-state index is 5.70. The molecule has 1 aromatic carbocycles. The van der Waals surface area contributed by atoms with E-state index in [1.165, 1.54) is 0 Å². The average molecular weight is 252 g/mol. The van der Waals surface area contributed by atoms with Crippen molar-refractivity contribution in [1.29, 1.82) is 0 Å². The van der Waals surface area contributed by atoms with Gasteiger partial charge < -0.3 is 20.5 Å². The van der Waals surface area contributed by atoms with E-state index in [4.69, 9.17) is 15.2 Å². The first-order chi connectivity index (χ1) is 8.52. The molecular weight excluding hydrogens is 228 g/mol. The highest BCUT2D eigenvalue weighted by Crippen LogP contribution is 2.24. The number of benzene rings is 1. The van der Waals surface area contributed by atoms with Crippen LogP contribution in [0.25, 0.3) is 0 Å². The summed E-state index contributed by atoms with van der Waals surface area (Å²) in [7, 11) is 3.32. The van der Waals surface area contributed by atoms with Gasteiger partial charge in [0.05, 0.1) is 14.2 Å². The molecule has 0 bridgehead atoms. The molecule has 0 atom stereocenters. The molecule has 0 aromatic heterocycles. The quantitative estimate of drug-likeness (QED) is 0.776. The summed E-state index contributed by atoms with van der Waals surface area (Å²) in [6.45, 7) is 6.59. The molecule has 0 saturated carbocycles. The largest absolute Gasteiger partial charge is 0.497 e. The van der Waals surface area contributed by atoms with Gasteiger partial charge in [0.2, 0.25) is 0 Å². The van der Waals surface area contributed by atoms with Crippen LogP contribution in [0, 0.1) is 5.41 Å². The molecule has 0 spiro atoms. The van der Waals surface area contributed by atoms with Crippen molar-refractivity contribution in [2.24, 2.45) is 11.1 Å². The van der Waals surface area contributed by atoms with Crippen LogP contribution in [0.4, 0.5) is 0 Å². The van der Waals surface area contributed by atoms with Gasteiger partial charge in [-0.15, -0.1) is 0 Å². The second-order valence-electron chi connectivity index (χ2n) is 5.15. The summed E-state index contributed by atoms with van der Waals surface area (Å²) in [6.07, 6.45) is 0. The molecule has 0 aliphatic rings. The van der Waals surface area contributed by atoms with Crippen molar-refractivity contribution in [3.05, 3.63) is 23.8 Å². The third-order valence-electron chi connectivity index (χ3n) is 2.97. The Kier molecular flexibility index (Phi) is 5.44. The van der Waals surface area contributed by atoms with Crippen LogP contribution in [0.2, 0.25) is 0 Å². The van der Waals surface area contributed by atoms with E-state index in [1.54, 1.807) is 14.2 Å². The van der Waals surface area contributed by atoms with Gasteiger partial charge in [0.15, 0.2) is 0 Å². The molecular formula is C14H24N2O2. The van der Waals surface area contributed by atoms with E-state index in [2.05, 4.69) is 19.2 Å².